The van der Waals surface area contributed by atoms with E-state index in [1.807, 2.05) is 14.1 Å². The Labute approximate surface area is 69.2 Å². The van der Waals surface area contributed by atoms with Gasteiger partial charge in [0.2, 0.25) is 0 Å². The van der Waals surface area contributed by atoms with Crippen LogP contribution in [-0.4, -0.2) is 36.2 Å². The second-order valence-corrected chi connectivity index (χ2v) is 4.02. The third kappa shape index (κ3) is 2.80. The van der Waals surface area contributed by atoms with Crippen molar-refractivity contribution in [1.29, 1.82) is 0 Å². The Hall–Kier alpha value is -0.0800. The van der Waals surface area contributed by atoms with E-state index >= 15 is 0 Å². The fourth-order valence-electron chi connectivity index (χ4n) is 1.96. The summed E-state index contributed by atoms with van der Waals surface area (Å²) in [5.74, 6) is 0. The average Bonchev–Trinajstić information content (AvgIpc) is 1.85. The Bertz CT molecular complexity index is 117. The molecule has 0 heterocycles. The second-order valence-electron chi connectivity index (χ2n) is 4.02. The van der Waals surface area contributed by atoms with Gasteiger partial charge in [-0.1, -0.05) is 19.3 Å². The van der Waals surface area contributed by atoms with E-state index < -0.39 is 0 Å². The van der Waals surface area contributed by atoms with Gasteiger partial charge in [-0.25, -0.2) is 0 Å². The van der Waals surface area contributed by atoms with Crippen LogP contribution in [0.2, 0.25) is 0 Å². The molecule has 1 N–H and O–H groups in total. The molecule has 0 saturated heterocycles. The van der Waals surface area contributed by atoms with Crippen LogP contribution in [0.15, 0.2) is 0 Å². The molecule has 0 aromatic heterocycles. The summed E-state index contributed by atoms with van der Waals surface area (Å²) in [5, 5.41) is 10.0. The molecule has 66 valence electrons. The van der Waals surface area contributed by atoms with Crippen LogP contribution in [-0.2, 0) is 0 Å². The molecule has 0 aromatic rings. The quantitative estimate of drug-likeness (QED) is 0.652. The van der Waals surface area contributed by atoms with Crippen LogP contribution in [0.25, 0.3) is 0 Å². The first kappa shape index (κ1) is 9.01. The molecule has 2 nitrogen and oxygen atoms in total. The Morgan fingerprint density at radius 1 is 1.18 bits per heavy atom. The SMILES string of the molecule is CN(C)CC1(O)CCCCC1. The van der Waals surface area contributed by atoms with Gasteiger partial charge in [0, 0.05) is 6.54 Å². The van der Waals surface area contributed by atoms with Crippen LogP contribution in [0, 0.1) is 0 Å². The fourth-order valence-corrected chi connectivity index (χ4v) is 1.96. The Kier molecular flexibility index (Phi) is 2.90. The number of nitrogens with zero attached hydrogens (tertiary/aromatic N) is 1. The largest absolute Gasteiger partial charge is 0.389 e. The highest BCUT2D eigenvalue weighted by atomic mass is 16.3. The van der Waals surface area contributed by atoms with Crippen molar-refractivity contribution >= 4 is 0 Å². The Balaban J connectivity index is 2.37. The third-order valence-corrected chi connectivity index (χ3v) is 2.39. The van der Waals surface area contributed by atoms with Gasteiger partial charge < -0.3 is 10.0 Å². The zero-order chi connectivity index (χ0) is 8.32. The van der Waals surface area contributed by atoms with E-state index in [1.54, 1.807) is 0 Å². The van der Waals surface area contributed by atoms with Crippen LogP contribution in [0.1, 0.15) is 32.1 Å². The number of aliphatic hydroxyl groups is 1. The van der Waals surface area contributed by atoms with Gasteiger partial charge in [0.1, 0.15) is 0 Å². The molecule has 0 atom stereocenters. The summed E-state index contributed by atoms with van der Waals surface area (Å²) in [6, 6.07) is 0. The third-order valence-electron chi connectivity index (χ3n) is 2.39. The Morgan fingerprint density at radius 2 is 1.73 bits per heavy atom. The van der Waals surface area contributed by atoms with Crippen molar-refractivity contribution in [3.63, 3.8) is 0 Å². The van der Waals surface area contributed by atoms with Crippen molar-refractivity contribution in [3.8, 4) is 0 Å². The van der Waals surface area contributed by atoms with E-state index in [4.69, 9.17) is 0 Å². The minimum Gasteiger partial charge on any atom is -0.389 e. The van der Waals surface area contributed by atoms with E-state index in [1.165, 1.54) is 19.3 Å². The van der Waals surface area contributed by atoms with E-state index in [2.05, 4.69) is 4.90 Å². The lowest BCUT2D eigenvalue weighted by Crippen LogP contribution is -2.41. The summed E-state index contributed by atoms with van der Waals surface area (Å²) in [6.07, 6.45) is 5.68. The number of rotatable bonds is 2. The molecule has 0 bridgehead atoms. The van der Waals surface area contributed by atoms with Gasteiger partial charge in [-0.15, -0.1) is 0 Å². The summed E-state index contributed by atoms with van der Waals surface area (Å²) in [6.45, 7) is 0.826. The van der Waals surface area contributed by atoms with Crippen molar-refractivity contribution in [2.24, 2.45) is 0 Å². The van der Waals surface area contributed by atoms with Gasteiger partial charge in [-0.05, 0) is 26.9 Å². The minimum absolute atomic E-state index is 0.373. The molecule has 1 rings (SSSR count). The minimum atomic E-state index is -0.373. The average molecular weight is 157 g/mol. The zero-order valence-corrected chi connectivity index (χ0v) is 7.64. The van der Waals surface area contributed by atoms with Gasteiger partial charge in [0.25, 0.3) is 0 Å². The van der Waals surface area contributed by atoms with E-state index in [9.17, 15) is 5.11 Å². The molecular formula is C9H19NO. The molecular weight excluding hydrogens is 138 g/mol. The lowest BCUT2D eigenvalue weighted by atomic mass is 9.85. The number of likely N-dealkylation sites (N-methyl/N-ethyl adjacent to an activating group) is 1. The van der Waals surface area contributed by atoms with Gasteiger partial charge in [-0.3, -0.25) is 0 Å². The first-order valence-corrected chi connectivity index (χ1v) is 4.49. The molecule has 0 spiro atoms. The molecule has 1 aliphatic carbocycles. The number of hydrogen-bond donors (Lipinski definition) is 1. The van der Waals surface area contributed by atoms with Crippen LogP contribution < -0.4 is 0 Å². The van der Waals surface area contributed by atoms with Gasteiger partial charge >= 0.3 is 0 Å². The molecule has 0 aliphatic heterocycles. The first-order chi connectivity index (χ1) is 5.12. The molecule has 0 amide bonds. The van der Waals surface area contributed by atoms with Crippen molar-refractivity contribution < 1.29 is 5.11 Å². The second kappa shape index (κ2) is 3.55. The van der Waals surface area contributed by atoms with Crippen LogP contribution in [0.5, 0.6) is 0 Å². The topological polar surface area (TPSA) is 23.5 Å². The Morgan fingerprint density at radius 3 is 2.18 bits per heavy atom. The van der Waals surface area contributed by atoms with Crippen molar-refractivity contribution in [1.82, 2.24) is 4.90 Å². The van der Waals surface area contributed by atoms with Gasteiger partial charge in [-0.2, -0.15) is 0 Å². The van der Waals surface area contributed by atoms with Gasteiger partial charge in [0.15, 0.2) is 0 Å². The standard InChI is InChI=1S/C9H19NO/c1-10(2)8-9(11)6-4-3-5-7-9/h11H,3-8H2,1-2H3. The van der Waals surface area contributed by atoms with Crippen LogP contribution in [0.4, 0.5) is 0 Å². The van der Waals surface area contributed by atoms with Crippen LogP contribution >= 0.6 is 0 Å². The highest BCUT2D eigenvalue weighted by Crippen LogP contribution is 2.28. The highest BCUT2D eigenvalue weighted by Gasteiger charge is 2.29. The maximum atomic E-state index is 10.0. The molecule has 0 unspecified atom stereocenters. The summed E-state index contributed by atoms with van der Waals surface area (Å²) >= 11 is 0. The van der Waals surface area contributed by atoms with Crippen molar-refractivity contribution in [3.05, 3.63) is 0 Å². The molecule has 1 saturated carbocycles. The smallest absolute Gasteiger partial charge is 0.0773 e. The summed E-state index contributed by atoms with van der Waals surface area (Å²) in [4.78, 5) is 2.07. The predicted molar refractivity (Wildman–Crippen MR) is 46.6 cm³/mol. The summed E-state index contributed by atoms with van der Waals surface area (Å²) < 4.78 is 0. The normalized spacial score (nSPS) is 24.0. The van der Waals surface area contributed by atoms with E-state index in [-0.39, 0.29) is 5.60 Å². The fraction of sp³-hybridized carbons (Fsp3) is 1.00. The van der Waals surface area contributed by atoms with Gasteiger partial charge in [0.05, 0.1) is 5.60 Å². The lowest BCUT2D eigenvalue weighted by Gasteiger charge is -2.34. The van der Waals surface area contributed by atoms with E-state index in [0.29, 0.717) is 0 Å². The zero-order valence-electron chi connectivity index (χ0n) is 7.64. The van der Waals surface area contributed by atoms with Crippen LogP contribution in [0.3, 0.4) is 0 Å². The maximum Gasteiger partial charge on any atom is 0.0773 e. The molecule has 2 heteroatoms. The maximum absolute atomic E-state index is 10.0. The molecule has 1 aliphatic rings. The molecule has 1 fully saturated rings. The highest BCUT2D eigenvalue weighted by molar-refractivity contribution is 4.83. The monoisotopic (exact) mass is 157 g/mol. The van der Waals surface area contributed by atoms with Crippen molar-refractivity contribution in [2.45, 2.75) is 37.7 Å². The lowest BCUT2D eigenvalue weighted by molar-refractivity contribution is -0.0160. The molecule has 11 heavy (non-hydrogen) atoms. The first-order valence-electron chi connectivity index (χ1n) is 4.49. The molecule has 0 aromatic carbocycles. The van der Waals surface area contributed by atoms with Crippen molar-refractivity contribution in [2.75, 3.05) is 20.6 Å². The predicted octanol–water partition coefficient (Wildman–Crippen LogP) is 1.24. The summed E-state index contributed by atoms with van der Waals surface area (Å²) in [7, 11) is 4.04. The molecule has 0 radical (unpaired) electrons. The summed E-state index contributed by atoms with van der Waals surface area (Å²) in [5.41, 5.74) is -0.373. The number of hydrogen-bond acceptors (Lipinski definition) is 2. The van der Waals surface area contributed by atoms with E-state index in [0.717, 1.165) is 19.4 Å².